The number of aliphatic hydroxyl groups excluding tert-OH is 1. The SMILES string of the molecule is CCC(NCC(C)O)c1cc(F)cc(Br)c1. The number of nitrogens with one attached hydrogen (secondary N) is 1. The highest BCUT2D eigenvalue weighted by molar-refractivity contribution is 9.10. The van der Waals surface area contributed by atoms with Crippen LogP contribution in [0, 0.1) is 5.82 Å². The second-order valence-electron chi connectivity index (χ2n) is 3.92. The lowest BCUT2D eigenvalue weighted by molar-refractivity contribution is 0.185. The van der Waals surface area contributed by atoms with Gasteiger partial charge in [-0.2, -0.15) is 0 Å². The fourth-order valence-corrected chi connectivity index (χ4v) is 2.07. The van der Waals surface area contributed by atoms with Crippen molar-refractivity contribution in [1.82, 2.24) is 5.32 Å². The zero-order chi connectivity index (χ0) is 12.1. The summed E-state index contributed by atoms with van der Waals surface area (Å²) in [5.41, 5.74) is 0.898. The van der Waals surface area contributed by atoms with Gasteiger partial charge in [0.2, 0.25) is 0 Å². The van der Waals surface area contributed by atoms with Crippen molar-refractivity contribution in [2.45, 2.75) is 32.4 Å². The number of benzene rings is 1. The molecule has 0 aromatic heterocycles. The minimum absolute atomic E-state index is 0.0709. The van der Waals surface area contributed by atoms with Gasteiger partial charge in [0.15, 0.2) is 0 Å². The predicted octanol–water partition coefficient (Wildman–Crippen LogP) is 3.01. The van der Waals surface area contributed by atoms with Crippen LogP contribution in [-0.4, -0.2) is 17.8 Å². The van der Waals surface area contributed by atoms with Gasteiger partial charge in [0.05, 0.1) is 6.10 Å². The first-order valence-electron chi connectivity index (χ1n) is 5.40. The van der Waals surface area contributed by atoms with Crippen molar-refractivity contribution in [2.24, 2.45) is 0 Å². The second kappa shape index (κ2) is 6.33. The zero-order valence-electron chi connectivity index (χ0n) is 9.50. The number of hydrogen-bond donors (Lipinski definition) is 2. The lowest BCUT2D eigenvalue weighted by Crippen LogP contribution is -2.28. The van der Waals surface area contributed by atoms with Gasteiger partial charge in [-0.05, 0) is 37.1 Å². The number of hydrogen-bond acceptors (Lipinski definition) is 2. The molecule has 0 amide bonds. The molecule has 2 N–H and O–H groups in total. The molecular weight excluding hydrogens is 273 g/mol. The summed E-state index contributed by atoms with van der Waals surface area (Å²) < 4.78 is 14.0. The Kier molecular flexibility index (Phi) is 5.38. The highest BCUT2D eigenvalue weighted by Gasteiger charge is 2.11. The highest BCUT2D eigenvalue weighted by atomic mass is 79.9. The first-order valence-corrected chi connectivity index (χ1v) is 6.19. The van der Waals surface area contributed by atoms with Crippen molar-refractivity contribution in [3.63, 3.8) is 0 Å². The fraction of sp³-hybridized carbons (Fsp3) is 0.500. The molecular formula is C12H17BrFNO. The van der Waals surface area contributed by atoms with Crippen molar-refractivity contribution in [2.75, 3.05) is 6.54 Å². The summed E-state index contributed by atoms with van der Waals surface area (Å²) in [6.07, 6.45) is 0.453. The van der Waals surface area contributed by atoms with Crippen LogP contribution in [-0.2, 0) is 0 Å². The minimum Gasteiger partial charge on any atom is -0.392 e. The predicted molar refractivity (Wildman–Crippen MR) is 66.8 cm³/mol. The summed E-state index contributed by atoms with van der Waals surface area (Å²) in [6, 6.07) is 4.92. The molecule has 0 heterocycles. The Labute approximate surface area is 104 Å². The van der Waals surface area contributed by atoms with E-state index in [2.05, 4.69) is 21.2 Å². The topological polar surface area (TPSA) is 32.3 Å². The molecule has 0 saturated carbocycles. The first-order chi connectivity index (χ1) is 7.52. The van der Waals surface area contributed by atoms with Crippen LogP contribution in [0.15, 0.2) is 22.7 Å². The van der Waals surface area contributed by atoms with E-state index in [9.17, 15) is 9.50 Å². The molecule has 4 heteroatoms. The molecule has 1 aromatic rings. The van der Waals surface area contributed by atoms with E-state index in [0.717, 1.165) is 16.5 Å². The van der Waals surface area contributed by atoms with Crippen molar-refractivity contribution in [1.29, 1.82) is 0 Å². The van der Waals surface area contributed by atoms with Crippen LogP contribution in [0.3, 0.4) is 0 Å². The van der Waals surface area contributed by atoms with E-state index in [1.165, 1.54) is 12.1 Å². The lowest BCUT2D eigenvalue weighted by Gasteiger charge is -2.18. The van der Waals surface area contributed by atoms with E-state index in [0.29, 0.717) is 6.54 Å². The Balaban J connectivity index is 2.78. The summed E-state index contributed by atoms with van der Waals surface area (Å²) in [4.78, 5) is 0. The number of rotatable bonds is 5. The van der Waals surface area contributed by atoms with Gasteiger partial charge in [0, 0.05) is 17.1 Å². The third-order valence-corrected chi connectivity index (χ3v) is 2.81. The Morgan fingerprint density at radius 2 is 2.12 bits per heavy atom. The molecule has 0 bridgehead atoms. The van der Waals surface area contributed by atoms with Crippen LogP contribution in [0.5, 0.6) is 0 Å². The van der Waals surface area contributed by atoms with E-state index in [4.69, 9.17) is 0 Å². The molecule has 0 aliphatic heterocycles. The maximum absolute atomic E-state index is 13.2. The lowest BCUT2D eigenvalue weighted by atomic mass is 10.0. The van der Waals surface area contributed by atoms with Crippen LogP contribution >= 0.6 is 15.9 Å². The molecule has 2 nitrogen and oxygen atoms in total. The molecule has 0 aliphatic carbocycles. The van der Waals surface area contributed by atoms with Crippen molar-refractivity contribution < 1.29 is 9.50 Å². The average Bonchev–Trinajstić information content (AvgIpc) is 2.16. The van der Waals surface area contributed by atoms with Crippen LogP contribution in [0.1, 0.15) is 31.9 Å². The van der Waals surface area contributed by atoms with E-state index in [1.807, 2.05) is 13.0 Å². The van der Waals surface area contributed by atoms with Gasteiger partial charge in [-0.1, -0.05) is 22.9 Å². The van der Waals surface area contributed by atoms with Crippen molar-refractivity contribution >= 4 is 15.9 Å². The molecule has 0 spiro atoms. The molecule has 1 aromatic carbocycles. The van der Waals surface area contributed by atoms with Crippen LogP contribution < -0.4 is 5.32 Å². The molecule has 90 valence electrons. The quantitative estimate of drug-likeness (QED) is 0.873. The third kappa shape index (κ3) is 4.20. The Hall–Kier alpha value is -0.450. The van der Waals surface area contributed by atoms with E-state index in [-0.39, 0.29) is 11.9 Å². The van der Waals surface area contributed by atoms with E-state index in [1.54, 1.807) is 6.92 Å². The van der Waals surface area contributed by atoms with Gasteiger partial charge in [0.25, 0.3) is 0 Å². The fourth-order valence-electron chi connectivity index (χ4n) is 1.59. The maximum atomic E-state index is 13.2. The molecule has 0 saturated heterocycles. The molecule has 2 atom stereocenters. The van der Waals surface area contributed by atoms with Crippen LogP contribution in [0.25, 0.3) is 0 Å². The molecule has 0 radical (unpaired) electrons. The van der Waals surface area contributed by atoms with Gasteiger partial charge < -0.3 is 10.4 Å². The summed E-state index contributed by atoms with van der Waals surface area (Å²) in [5.74, 6) is -0.248. The van der Waals surface area contributed by atoms with Crippen LogP contribution in [0.2, 0.25) is 0 Å². The first kappa shape index (κ1) is 13.6. The second-order valence-corrected chi connectivity index (χ2v) is 4.84. The van der Waals surface area contributed by atoms with E-state index >= 15 is 0 Å². The standard InChI is InChI=1S/C12H17BrFNO/c1-3-12(15-7-8(2)16)9-4-10(13)6-11(14)5-9/h4-6,8,12,15-16H,3,7H2,1-2H3. The summed E-state index contributed by atoms with van der Waals surface area (Å²) >= 11 is 3.27. The number of aliphatic hydroxyl groups is 1. The van der Waals surface area contributed by atoms with Crippen molar-refractivity contribution in [3.05, 3.63) is 34.1 Å². The summed E-state index contributed by atoms with van der Waals surface area (Å²) in [7, 11) is 0. The molecule has 0 aliphatic rings. The van der Waals surface area contributed by atoms with Gasteiger partial charge in [-0.15, -0.1) is 0 Å². The smallest absolute Gasteiger partial charge is 0.124 e. The highest BCUT2D eigenvalue weighted by Crippen LogP contribution is 2.22. The Morgan fingerprint density at radius 3 is 2.62 bits per heavy atom. The summed E-state index contributed by atoms with van der Waals surface area (Å²) in [6.45, 7) is 4.26. The van der Waals surface area contributed by atoms with Crippen molar-refractivity contribution in [3.8, 4) is 0 Å². The Bertz CT molecular complexity index is 324. The van der Waals surface area contributed by atoms with Gasteiger partial charge in [-0.3, -0.25) is 0 Å². The average molecular weight is 290 g/mol. The molecule has 1 rings (SSSR count). The van der Waals surface area contributed by atoms with Crippen LogP contribution in [0.4, 0.5) is 4.39 Å². The maximum Gasteiger partial charge on any atom is 0.124 e. The van der Waals surface area contributed by atoms with Gasteiger partial charge in [-0.25, -0.2) is 4.39 Å². The number of halogens is 2. The normalized spacial score (nSPS) is 14.8. The molecule has 2 unspecified atom stereocenters. The molecule has 16 heavy (non-hydrogen) atoms. The third-order valence-electron chi connectivity index (χ3n) is 2.36. The largest absolute Gasteiger partial charge is 0.392 e. The summed E-state index contributed by atoms with van der Waals surface area (Å²) in [5, 5.41) is 12.4. The zero-order valence-corrected chi connectivity index (χ0v) is 11.1. The minimum atomic E-state index is -0.397. The Morgan fingerprint density at radius 1 is 1.44 bits per heavy atom. The van der Waals surface area contributed by atoms with E-state index < -0.39 is 6.10 Å². The van der Waals surface area contributed by atoms with Gasteiger partial charge >= 0.3 is 0 Å². The monoisotopic (exact) mass is 289 g/mol. The molecule has 0 fully saturated rings. The van der Waals surface area contributed by atoms with Gasteiger partial charge in [0.1, 0.15) is 5.82 Å².